The Balaban J connectivity index is 1.63. The summed E-state index contributed by atoms with van der Waals surface area (Å²) in [5.74, 6) is -0.155. The molecule has 3 rings (SSSR count). The van der Waals surface area contributed by atoms with Crippen LogP contribution < -0.4 is 5.32 Å². The van der Waals surface area contributed by atoms with Crippen molar-refractivity contribution in [3.05, 3.63) is 52.3 Å². The molecular weight excluding hydrogens is 322 g/mol. The fourth-order valence-electron chi connectivity index (χ4n) is 2.53. The smallest absolute Gasteiger partial charge is 0.242 e. The topological polar surface area (TPSA) is 67.2 Å². The largest absolute Gasteiger partial charge is 0.386 e. The number of carbonyl (C=O) groups excluding carboxylic acids is 1. The van der Waals surface area contributed by atoms with Crippen LogP contribution in [-0.4, -0.2) is 26.8 Å². The minimum absolute atomic E-state index is 0.144. The van der Waals surface area contributed by atoms with Gasteiger partial charge in [-0.25, -0.2) is 0 Å². The zero-order valence-electron chi connectivity index (χ0n) is 10.7. The van der Waals surface area contributed by atoms with Gasteiger partial charge in [-0.2, -0.15) is 5.10 Å². The summed E-state index contributed by atoms with van der Waals surface area (Å²) in [6.07, 6.45) is 3.39. The lowest BCUT2D eigenvalue weighted by molar-refractivity contribution is -0.123. The highest BCUT2D eigenvalue weighted by atomic mass is 79.9. The first kappa shape index (κ1) is 13.3. The number of amides is 1. The molecule has 2 atom stereocenters. The van der Waals surface area contributed by atoms with E-state index in [0.29, 0.717) is 6.42 Å². The van der Waals surface area contributed by atoms with Gasteiger partial charge in [-0.3, -0.25) is 9.48 Å². The van der Waals surface area contributed by atoms with Crippen LogP contribution in [0.15, 0.2) is 41.1 Å². The average Bonchev–Trinajstić information content (AvgIpc) is 2.95. The van der Waals surface area contributed by atoms with Crippen molar-refractivity contribution in [1.29, 1.82) is 0 Å². The van der Waals surface area contributed by atoms with Gasteiger partial charge >= 0.3 is 0 Å². The first-order chi connectivity index (χ1) is 9.63. The molecule has 2 aromatic rings. The van der Waals surface area contributed by atoms with Crippen LogP contribution in [0.5, 0.6) is 0 Å². The zero-order chi connectivity index (χ0) is 14.1. The lowest BCUT2D eigenvalue weighted by atomic mass is 10.1. The molecule has 6 heteroatoms. The maximum Gasteiger partial charge on any atom is 0.242 e. The number of fused-ring (bicyclic) bond motifs is 1. The molecule has 1 aromatic carbocycles. The summed E-state index contributed by atoms with van der Waals surface area (Å²) in [4.78, 5) is 12.0. The molecule has 104 valence electrons. The number of carbonyl (C=O) groups is 1. The molecule has 0 spiro atoms. The number of halogens is 1. The van der Waals surface area contributed by atoms with Gasteiger partial charge in [0.2, 0.25) is 5.91 Å². The number of aliphatic hydroxyl groups excluding tert-OH is 1. The van der Waals surface area contributed by atoms with Gasteiger partial charge in [-0.15, -0.1) is 0 Å². The second-order valence-electron chi connectivity index (χ2n) is 4.88. The highest BCUT2D eigenvalue weighted by molar-refractivity contribution is 9.10. The van der Waals surface area contributed by atoms with Gasteiger partial charge in [0.05, 0.1) is 22.8 Å². The summed E-state index contributed by atoms with van der Waals surface area (Å²) in [5.41, 5.74) is 1.99. The van der Waals surface area contributed by atoms with Gasteiger partial charge in [-0.05, 0) is 33.5 Å². The number of nitrogens with zero attached hydrogens (tertiary/aromatic N) is 2. The number of hydrogen-bond acceptors (Lipinski definition) is 3. The molecule has 20 heavy (non-hydrogen) atoms. The lowest BCUT2D eigenvalue weighted by Gasteiger charge is -2.17. The van der Waals surface area contributed by atoms with E-state index in [1.165, 1.54) is 0 Å². The monoisotopic (exact) mass is 335 g/mol. The van der Waals surface area contributed by atoms with Crippen molar-refractivity contribution in [2.24, 2.45) is 0 Å². The standard InChI is InChI=1S/C14H14BrN3O2/c15-10-6-16-18(7-10)8-13(19)17-12-5-9-3-1-2-4-11(9)14(12)20/h1-4,6-7,12,14,20H,5,8H2,(H,17,19)/t12-,14-/m1/s1. The molecule has 0 radical (unpaired) electrons. The van der Waals surface area contributed by atoms with Crippen LogP contribution in [0.4, 0.5) is 0 Å². The number of hydrogen-bond donors (Lipinski definition) is 2. The molecule has 0 unspecified atom stereocenters. The Morgan fingerprint density at radius 2 is 2.30 bits per heavy atom. The quantitative estimate of drug-likeness (QED) is 0.891. The molecule has 1 aromatic heterocycles. The summed E-state index contributed by atoms with van der Waals surface area (Å²) in [6.45, 7) is 0.144. The predicted molar refractivity (Wildman–Crippen MR) is 77.0 cm³/mol. The predicted octanol–water partition coefficient (Wildman–Crippen LogP) is 1.42. The molecule has 5 nitrogen and oxygen atoms in total. The van der Waals surface area contributed by atoms with E-state index < -0.39 is 6.10 Å². The maximum absolute atomic E-state index is 12.0. The van der Waals surface area contributed by atoms with E-state index >= 15 is 0 Å². The molecule has 0 aliphatic heterocycles. The van der Waals surface area contributed by atoms with Crippen molar-refractivity contribution in [3.8, 4) is 0 Å². The van der Waals surface area contributed by atoms with Crippen molar-refractivity contribution >= 4 is 21.8 Å². The van der Waals surface area contributed by atoms with Gasteiger partial charge in [-0.1, -0.05) is 24.3 Å². The van der Waals surface area contributed by atoms with Gasteiger partial charge < -0.3 is 10.4 Å². The van der Waals surface area contributed by atoms with Gasteiger partial charge in [0.1, 0.15) is 6.54 Å². The Labute approximate surface area is 124 Å². The molecule has 1 amide bonds. The second-order valence-corrected chi connectivity index (χ2v) is 5.79. The third kappa shape index (κ3) is 2.62. The Kier molecular flexibility index (Phi) is 3.58. The van der Waals surface area contributed by atoms with E-state index in [9.17, 15) is 9.90 Å². The van der Waals surface area contributed by atoms with Crippen LogP contribution >= 0.6 is 15.9 Å². The normalized spacial score (nSPS) is 20.7. The van der Waals surface area contributed by atoms with Crippen LogP contribution in [0, 0.1) is 0 Å². The third-order valence-corrected chi connectivity index (χ3v) is 3.86. The van der Waals surface area contributed by atoms with E-state index in [2.05, 4.69) is 26.3 Å². The van der Waals surface area contributed by atoms with Crippen molar-refractivity contribution < 1.29 is 9.90 Å². The summed E-state index contributed by atoms with van der Waals surface area (Å²) in [7, 11) is 0. The molecule has 1 aliphatic carbocycles. The summed E-state index contributed by atoms with van der Waals surface area (Å²) in [6, 6.07) is 7.45. The van der Waals surface area contributed by atoms with E-state index in [4.69, 9.17) is 0 Å². The Bertz CT molecular complexity index is 641. The van der Waals surface area contributed by atoms with Crippen LogP contribution in [0.25, 0.3) is 0 Å². The first-order valence-corrected chi connectivity index (χ1v) is 7.16. The molecular formula is C14H14BrN3O2. The van der Waals surface area contributed by atoms with Crippen LogP contribution in [0.1, 0.15) is 17.2 Å². The second kappa shape index (κ2) is 5.38. The molecule has 1 heterocycles. The van der Waals surface area contributed by atoms with Crippen LogP contribution in [0.3, 0.4) is 0 Å². The Morgan fingerprint density at radius 3 is 3.00 bits per heavy atom. The average molecular weight is 336 g/mol. The van der Waals surface area contributed by atoms with Crippen molar-refractivity contribution in [3.63, 3.8) is 0 Å². The number of aliphatic hydroxyl groups is 1. The van der Waals surface area contributed by atoms with E-state index in [0.717, 1.165) is 15.6 Å². The number of benzene rings is 1. The third-order valence-electron chi connectivity index (χ3n) is 3.45. The zero-order valence-corrected chi connectivity index (χ0v) is 12.2. The van der Waals surface area contributed by atoms with Crippen LogP contribution in [-0.2, 0) is 17.8 Å². The number of rotatable bonds is 3. The molecule has 0 saturated heterocycles. The summed E-state index contributed by atoms with van der Waals surface area (Å²) < 4.78 is 2.38. The highest BCUT2D eigenvalue weighted by Gasteiger charge is 2.31. The highest BCUT2D eigenvalue weighted by Crippen LogP contribution is 2.30. The lowest BCUT2D eigenvalue weighted by Crippen LogP contribution is -2.39. The van der Waals surface area contributed by atoms with Crippen molar-refractivity contribution in [2.75, 3.05) is 0 Å². The van der Waals surface area contributed by atoms with Gasteiger partial charge in [0.15, 0.2) is 0 Å². The summed E-state index contributed by atoms with van der Waals surface area (Å²) in [5, 5.41) is 17.1. The first-order valence-electron chi connectivity index (χ1n) is 6.36. The minimum atomic E-state index is -0.639. The fraction of sp³-hybridized carbons (Fsp3) is 0.286. The van der Waals surface area contributed by atoms with Crippen LogP contribution in [0.2, 0.25) is 0 Å². The minimum Gasteiger partial charge on any atom is -0.386 e. The van der Waals surface area contributed by atoms with Gasteiger partial charge in [0, 0.05) is 6.20 Å². The Hall–Kier alpha value is -1.66. The maximum atomic E-state index is 12.0. The van der Waals surface area contributed by atoms with E-state index in [1.54, 1.807) is 17.1 Å². The molecule has 2 N–H and O–H groups in total. The number of nitrogens with one attached hydrogen (secondary N) is 1. The molecule has 0 saturated carbocycles. The summed E-state index contributed by atoms with van der Waals surface area (Å²) >= 11 is 3.28. The van der Waals surface area contributed by atoms with Crippen molar-refractivity contribution in [2.45, 2.75) is 25.1 Å². The molecule has 0 fully saturated rings. The number of aromatic nitrogens is 2. The Morgan fingerprint density at radius 1 is 1.50 bits per heavy atom. The van der Waals surface area contributed by atoms with E-state index in [-0.39, 0.29) is 18.5 Å². The van der Waals surface area contributed by atoms with E-state index in [1.807, 2.05) is 24.3 Å². The molecule has 0 bridgehead atoms. The molecule has 1 aliphatic rings. The SMILES string of the molecule is O=C(Cn1cc(Br)cn1)N[C@@H]1Cc2ccccc2[C@H]1O. The fourth-order valence-corrected chi connectivity index (χ4v) is 2.86. The van der Waals surface area contributed by atoms with Crippen molar-refractivity contribution in [1.82, 2.24) is 15.1 Å². The van der Waals surface area contributed by atoms with Gasteiger partial charge in [0.25, 0.3) is 0 Å².